The van der Waals surface area contributed by atoms with Crippen LogP contribution >= 0.6 is 0 Å². The van der Waals surface area contributed by atoms with E-state index in [1.54, 1.807) is 7.11 Å². The third-order valence-corrected chi connectivity index (χ3v) is 3.83. The summed E-state index contributed by atoms with van der Waals surface area (Å²) in [7, 11) is 1.79. The minimum absolute atomic E-state index is 0.335. The van der Waals surface area contributed by atoms with Crippen molar-refractivity contribution in [1.82, 2.24) is 9.97 Å². The van der Waals surface area contributed by atoms with Gasteiger partial charge in [-0.2, -0.15) is 0 Å². The second-order valence-electron chi connectivity index (χ2n) is 5.37. The minimum atomic E-state index is 0.335. The summed E-state index contributed by atoms with van der Waals surface area (Å²) >= 11 is 0. The molecule has 1 aromatic heterocycles. The van der Waals surface area contributed by atoms with E-state index in [1.165, 1.54) is 12.8 Å². The maximum atomic E-state index is 5.43. The fraction of sp³-hybridized carbons (Fsp3) is 0.714. The van der Waals surface area contributed by atoms with Gasteiger partial charge in [-0.3, -0.25) is 0 Å². The number of rotatable bonds is 5. The Morgan fingerprint density at radius 2 is 2.21 bits per heavy atom. The number of hydrogen-bond donors (Lipinski definition) is 1. The summed E-state index contributed by atoms with van der Waals surface area (Å²) in [6, 6.07) is 2.06. The van der Waals surface area contributed by atoms with Gasteiger partial charge in [-0.1, -0.05) is 0 Å². The average molecular weight is 262 g/mol. The number of nitrogens with zero attached hydrogens (tertiary/aromatic N) is 3. The average Bonchev–Trinajstić information content (AvgIpc) is 3.16. The second kappa shape index (κ2) is 5.33. The third kappa shape index (κ3) is 2.81. The lowest BCUT2D eigenvalue weighted by Crippen LogP contribution is -2.24. The van der Waals surface area contributed by atoms with Gasteiger partial charge in [-0.15, -0.1) is 0 Å². The fourth-order valence-corrected chi connectivity index (χ4v) is 2.54. The van der Waals surface area contributed by atoms with E-state index in [2.05, 4.69) is 28.2 Å². The van der Waals surface area contributed by atoms with E-state index in [4.69, 9.17) is 9.72 Å². The Labute approximate surface area is 114 Å². The van der Waals surface area contributed by atoms with Gasteiger partial charge in [-0.05, 0) is 26.2 Å². The zero-order valence-electron chi connectivity index (χ0n) is 11.7. The molecular formula is C14H22N4O. The topological polar surface area (TPSA) is 50.3 Å². The molecule has 3 rings (SSSR count). The van der Waals surface area contributed by atoms with Gasteiger partial charge in [0.1, 0.15) is 17.5 Å². The summed E-state index contributed by atoms with van der Waals surface area (Å²) in [5.74, 6) is 3.59. The number of anilines is 2. The van der Waals surface area contributed by atoms with Gasteiger partial charge in [0.15, 0.2) is 0 Å². The lowest BCUT2D eigenvalue weighted by molar-refractivity contribution is 0.121. The molecule has 0 radical (unpaired) electrons. The van der Waals surface area contributed by atoms with Crippen molar-refractivity contribution in [2.75, 3.05) is 37.0 Å². The van der Waals surface area contributed by atoms with Crippen molar-refractivity contribution in [2.45, 2.75) is 38.2 Å². The van der Waals surface area contributed by atoms with E-state index in [0.29, 0.717) is 12.0 Å². The predicted molar refractivity (Wildman–Crippen MR) is 75.8 cm³/mol. The van der Waals surface area contributed by atoms with Crippen molar-refractivity contribution in [3.05, 3.63) is 11.9 Å². The molecule has 1 N–H and O–H groups in total. The summed E-state index contributed by atoms with van der Waals surface area (Å²) < 4.78 is 5.43. The van der Waals surface area contributed by atoms with E-state index >= 15 is 0 Å². The zero-order chi connectivity index (χ0) is 13.2. The third-order valence-electron chi connectivity index (χ3n) is 3.83. The molecule has 1 atom stereocenters. The van der Waals surface area contributed by atoms with E-state index in [9.17, 15) is 0 Å². The van der Waals surface area contributed by atoms with Gasteiger partial charge in [0, 0.05) is 38.7 Å². The van der Waals surface area contributed by atoms with Crippen LogP contribution in [0.3, 0.4) is 0 Å². The van der Waals surface area contributed by atoms with Crippen LogP contribution in [0.5, 0.6) is 0 Å². The predicted octanol–water partition coefficient (Wildman–Crippen LogP) is 2.01. The van der Waals surface area contributed by atoms with Crippen LogP contribution in [0.4, 0.5) is 11.6 Å². The molecule has 5 heteroatoms. The van der Waals surface area contributed by atoms with Gasteiger partial charge < -0.3 is 15.0 Å². The summed E-state index contributed by atoms with van der Waals surface area (Å²) in [5, 5.41) is 3.31. The van der Waals surface area contributed by atoms with E-state index in [1.807, 2.05) is 0 Å². The van der Waals surface area contributed by atoms with Crippen molar-refractivity contribution in [2.24, 2.45) is 0 Å². The first-order valence-electron chi connectivity index (χ1n) is 7.20. The molecule has 1 aliphatic heterocycles. The van der Waals surface area contributed by atoms with Crippen molar-refractivity contribution in [1.29, 1.82) is 0 Å². The SMILES string of the molecule is CCNc1cc(N2CCC(OC)C2)nc(C2CC2)n1. The van der Waals surface area contributed by atoms with Crippen LogP contribution in [-0.2, 0) is 4.74 Å². The molecule has 19 heavy (non-hydrogen) atoms. The van der Waals surface area contributed by atoms with Crippen LogP contribution in [0.15, 0.2) is 6.07 Å². The summed E-state index contributed by atoms with van der Waals surface area (Å²) in [6.45, 7) is 4.94. The first-order chi connectivity index (χ1) is 9.30. The van der Waals surface area contributed by atoms with Crippen molar-refractivity contribution in [3.63, 3.8) is 0 Å². The smallest absolute Gasteiger partial charge is 0.136 e. The van der Waals surface area contributed by atoms with Crippen LogP contribution < -0.4 is 10.2 Å². The lowest BCUT2D eigenvalue weighted by Gasteiger charge is -2.19. The van der Waals surface area contributed by atoms with E-state index in [0.717, 1.165) is 43.5 Å². The molecule has 0 aromatic carbocycles. The largest absolute Gasteiger partial charge is 0.380 e. The number of ether oxygens (including phenoxy) is 1. The Bertz CT molecular complexity index is 447. The molecule has 104 valence electrons. The Morgan fingerprint density at radius 1 is 1.37 bits per heavy atom. The summed E-state index contributed by atoms with van der Waals surface area (Å²) in [5.41, 5.74) is 0. The second-order valence-corrected chi connectivity index (χ2v) is 5.37. The van der Waals surface area contributed by atoms with Crippen molar-refractivity contribution in [3.8, 4) is 0 Å². The molecule has 0 amide bonds. The maximum Gasteiger partial charge on any atom is 0.136 e. The van der Waals surface area contributed by atoms with Crippen LogP contribution in [-0.4, -0.2) is 42.8 Å². The maximum absolute atomic E-state index is 5.43. The number of nitrogens with one attached hydrogen (secondary N) is 1. The summed E-state index contributed by atoms with van der Waals surface area (Å²) in [6.07, 6.45) is 3.88. The van der Waals surface area contributed by atoms with Crippen molar-refractivity contribution < 1.29 is 4.74 Å². The van der Waals surface area contributed by atoms with Gasteiger partial charge in [-0.25, -0.2) is 9.97 Å². The number of hydrogen-bond acceptors (Lipinski definition) is 5. The van der Waals surface area contributed by atoms with Crippen LogP contribution in [0.2, 0.25) is 0 Å². The number of aromatic nitrogens is 2. The molecular weight excluding hydrogens is 240 g/mol. The molecule has 0 spiro atoms. The zero-order valence-corrected chi connectivity index (χ0v) is 11.7. The Hall–Kier alpha value is -1.36. The van der Waals surface area contributed by atoms with E-state index < -0.39 is 0 Å². The van der Waals surface area contributed by atoms with Gasteiger partial charge in [0.2, 0.25) is 0 Å². The highest BCUT2D eigenvalue weighted by atomic mass is 16.5. The Kier molecular flexibility index (Phi) is 3.55. The minimum Gasteiger partial charge on any atom is -0.380 e. The first kappa shape index (κ1) is 12.7. The quantitative estimate of drug-likeness (QED) is 0.879. The van der Waals surface area contributed by atoms with Crippen LogP contribution in [0.1, 0.15) is 37.9 Å². The van der Waals surface area contributed by atoms with Gasteiger partial charge in [0.25, 0.3) is 0 Å². The lowest BCUT2D eigenvalue weighted by atomic mass is 10.3. The fourth-order valence-electron chi connectivity index (χ4n) is 2.54. The molecule has 1 saturated carbocycles. The highest BCUT2D eigenvalue weighted by Crippen LogP contribution is 2.39. The standard InChI is InChI=1S/C14H22N4O/c1-3-15-12-8-13(17-14(16-12)10-4-5-10)18-7-6-11(9-18)19-2/h8,10-11H,3-7,9H2,1-2H3,(H,15,16,17). The van der Waals surface area contributed by atoms with Crippen LogP contribution in [0, 0.1) is 0 Å². The highest BCUT2D eigenvalue weighted by Gasteiger charge is 2.29. The molecule has 2 aliphatic rings. The number of methoxy groups -OCH3 is 1. The highest BCUT2D eigenvalue weighted by molar-refractivity contribution is 5.50. The van der Waals surface area contributed by atoms with E-state index in [-0.39, 0.29) is 0 Å². The normalized spacial score (nSPS) is 22.8. The van der Waals surface area contributed by atoms with Gasteiger partial charge >= 0.3 is 0 Å². The molecule has 1 aliphatic carbocycles. The van der Waals surface area contributed by atoms with Gasteiger partial charge in [0.05, 0.1) is 6.10 Å². The molecule has 2 fully saturated rings. The summed E-state index contributed by atoms with van der Waals surface area (Å²) in [4.78, 5) is 11.7. The molecule has 2 heterocycles. The van der Waals surface area contributed by atoms with Crippen molar-refractivity contribution >= 4 is 11.6 Å². The Balaban J connectivity index is 1.83. The molecule has 1 saturated heterocycles. The Morgan fingerprint density at radius 3 is 2.84 bits per heavy atom. The molecule has 1 aromatic rings. The monoisotopic (exact) mass is 262 g/mol. The first-order valence-corrected chi connectivity index (χ1v) is 7.20. The molecule has 5 nitrogen and oxygen atoms in total. The molecule has 1 unspecified atom stereocenters. The van der Waals surface area contributed by atoms with Crippen LogP contribution in [0.25, 0.3) is 0 Å². The molecule has 0 bridgehead atoms.